The lowest BCUT2D eigenvalue weighted by atomic mass is 10.0. The summed E-state index contributed by atoms with van der Waals surface area (Å²) in [5.41, 5.74) is 5.69. The lowest BCUT2D eigenvalue weighted by molar-refractivity contribution is -0.136. The number of nitrogens with two attached hydrogens (primary N) is 1. The Labute approximate surface area is 125 Å². The van der Waals surface area contributed by atoms with Crippen LogP contribution in [0.5, 0.6) is 0 Å². The Hall–Kier alpha value is -0.300. The van der Waals surface area contributed by atoms with Crippen molar-refractivity contribution in [1.82, 2.24) is 9.80 Å². The summed E-state index contributed by atoms with van der Waals surface area (Å²) in [7, 11) is 0. The molecule has 6 heteroatoms. The van der Waals surface area contributed by atoms with Crippen molar-refractivity contribution in [1.29, 1.82) is 0 Å². The topological polar surface area (TPSA) is 69.8 Å². The SMILES string of the molecule is CC(C)CN1CCSC12CCCN(C(=O)[C@@H](N)CO)C2. The van der Waals surface area contributed by atoms with Crippen LogP contribution in [0.3, 0.4) is 0 Å². The van der Waals surface area contributed by atoms with Crippen LogP contribution in [0.4, 0.5) is 0 Å². The first kappa shape index (κ1) is 16.1. The number of amides is 1. The number of rotatable bonds is 4. The van der Waals surface area contributed by atoms with E-state index < -0.39 is 6.04 Å². The van der Waals surface area contributed by atoms with E-state index in [2.05, 4.69) is 18.7 Å². The molecule has 2 heterocycles. The highest BCUT2D eigenvalue weighted by Crippen LogP contribution is 2.42. The number of aliphatic hydroxyl groups is 1. The monoisotopic (exact) mass is 301 g/mol. The minimum absolute atomic E-state index is 0.0767. The molecule has 3 N–H and O–H groups in total. The van der Waals surface area contributed by atoms with E-state index >= 15 is 0 Å². The van der Waals surface area contributed by atoms with Gasteiger partial charge in [-0.3, -0.25) is 9.69 Å². The second kappa shape index (κ2) is 6.64. The van der Waals surface area contributed by atoms with Gasteiger partial charge in [0, 0.05) is 31.9 Å². The van der Waals surface area contributed by atoms with Crippen LogP contribution in [-0.4, -0.2) is 70.3 Å². The van der Waals surface area contributed by atoms with Gasteiger partial charge in [0.1, 0.15) is 6.04 Å². The van der Waals surface area contributed by atoms with Gasteiger partial charge in [-0.05, 0) is 18.8 Å². The number of carbonyl (C=O) groups excluding carboxylic acids is 1. The first-order valence-corrected chi connectivity index (χ1v) is 8.51. The van der Waals surface area contributed by atoms with Crippen LogP contribution in [0.25, 0.3) is 0 Å². The van der Waals surface area contributed by atoms with Crippen molar-refractivity contribution < 1.29 is 9.90 Å². The zero-order valence-electron chi connectivity index (χ0n) is 12.5. The third-order valence-corrected chi connectivity index (χ3v) is 5.67. The minimum atomic E-state index is -0.768. The first-order valence-electron chi connectivity index (χ1n) is 7.53. The number of nitrogens with zero attached hydrogens (tertiary/aromatic N) is 2. The normalized spacial score (nSPS) is 29.4. The van der Waals surface area contributed by atoms with E-state index in [-0.39, 0.29) is 17.4 Å². The van der Waals surface area contributed by atoms with Gasteiger partial charge < -0.3 is 15.7 Å². The van der Waals surface area contributed by atoms with Crippen molar-refractivity contribution in [2.75, 3.05) is 38.5 Å². The number of thioether (sulfide) groups is 1. The van der Waals surface area contributed by atoms with Gasteiger partial charge in [-0.2, -0.15) is 0 Å². The number of likely N-dealkylation sites (tertiary alicyclic amines) is 1. The molecule has 2 rings (SSSR count). The number of piperidine rings is 1. The Morgan fingerprint density at radius 3 is 2.85 bits per heavy atom. The van der Waals surface area contributed by atoms with Gasteiger partial charge >= 0.3 is 0 Å². The summed E-state index contributed by atoms with van der Waals surface area (Å²) >= 11 is 1.98. The van der Waals surface area contributed by atoms with Crippen molar-refractivity contribution in [3.8, 4) is 0 Å². The maximum atomic E-state index is 12.2. The van der Waals surface area contributed by atoms with Crippen LogP contribution in [0.15, 0.2) is 0 Å². The average Bonchev–Trinajstić information content (AvgIpc) is 2.78. The zero-order valence-corrected chi connectivity index (χ0v) is 13.4. The molecule has 116 valence electrons. The molecule has 0 aliphatic carbocycles. The molecule has 0 aromatic rings. The molecule has 1 spiro atoms. The van der Waals surface area contributed by atoms with Gasteiger partial charge in [-0.25, -0.2) is 0 Å². The molecule has 2 aliphatic heterocycles. The van der Waals surface area contributed by atoms with E-state index in [9.17, 15) is 4.79 Å². The quantitative estimate of drug-likeness (QED) is 0.783. The van der Waals surface area contributed by atoms with Gasteiger partial charge in [-0.1, -0.05) is 13.8 Å². The average molecular weight is 301 g/mol. The summed E-state index contributed by atoms with van der Waals surface area (Å²) in [5.74, 6) is 1.67. The second-order valence-electron chi connectivity index (χ2n) is 6.29. The van der Waals surface area contributed by atoms with Crippen LogP contribution in [0.1, 0.15) is 26.7 Å². The number of aliphatic hydroxyl groups excluding tert-OH is 1. The number of carbonyl (C=O) groups is 1. The van der Waals surface area contributed by atoms with Gasteiger partial charge in [0.25, 0.3) is 0 Å². The van der Waals surface area contributed by atoms with Crippen LogP contribution in [0, 0.1) is 5.92 Å². The van der Waals surface area contributed by atoms with Crippen molar-refractivity contribution in [3.63, 3.8) is 0 Å². The molecule has 2 fully saturated rings. The Bertz CT molecular complexity index is 353. The van der Waals surface area contributed by atoms with E-state index in [1.54, 1.807) is 0 Å². The predicted molar refractivity (Wildman–Crippen MR) is 82.5 cm³/mol. The highest BCUT2D eigenvalue weighted by Gasteiger charge is 2.46. The molecule has 2 aliphatic rings. The van der Waals surface area contributed by atoms with E-state index in [0.717, 1.165) is 44.8 Å². The van der Waals surface area contributed by atoms with Crippen LogP contribution in [-0.2, 0) is 4.79 Å². The molecule has 1 amide bonds. The van der Waals surface area contributed by atoms with Gasteiger partial charge in [0.15, 0.2) is 0 Å². The lowest BCUT2D eigenvalue weighted by Gasteiger charge is -2.46. The molecule has 2 saturated heterocycles. The third-order valence-electron chi connectivity index (χ3n) is 4.15. The minimum Gasteiger partial charge on any atom is -0.394 e. The highest BCUT2D eigenvalue weighted by atomic mass is 32.2. The van der Waals surface area contributed by atoms with Gasteiger partial charge in [0.05, 0.1) is 11.5 Å². The summed E-state index contributed by atoms with van der Waals surface area (Å²) in [4.78, 5) is 16.7. The van der Waals surface area contributed by atoms with E-state index in [0.29, 0.717) is 5.92 Å². The number of hydrogen-bond acceptors (Lipinski definition) is 5. The molecule has 2 atom stereocenters. The van der Waals surface area contributed by atoms with Gasteiger partial charge in [-0.15, -0.1) is 11.8 Å². The zero-order chi connectivity index (χ0) is 14.8. The Morgan fingerprint density at radius 1 is 1.45 bits per heavy atom. The lowest BCUT2D eigenvalue weighted by Crippen LogP contribution is -2.58. The molecule has 0 bridgehead atoms. The maximum Gasteiger partial charge on any atom is 0.241 e. The smallest absolute Gasteiger partial charge is 0.241 e. The van der Waals surface area contributed by atoms with E-state index in [1.807, 2.05) is 16.7 Å². The van der Waals surface area contributed by atoms with Crippen LogP contribution < -0.4 is 5.73 Å². The molecule has 0 aromatic heterocycles. The fourth-order valence-electron chi connectivity index (χ4n) is 3.22. The van der Waals surface area contributed by atoms with Crippen molar-refractivity contribution in [2.45, 2.75) is 37.6 Å². The molecular weight excluding hydrogens is 274 g/mol. The summed E-state index contributed by atoms with van der Waals surface area (Å²) in [6.45, 7) is 7.92. The molecule has 20 heavy (non-hydrogen) atoms. The van der Waals surface area contributed by atoms with Gasteiger partial charge in [0.2, 0.25) is 5.91 Å². The Balaban J connectivity index is 2.06. The maximum absolute atomic E-state index is 12.2. The largest absolute Gasteiger partial charge is 0.394 e. The fraction of sp³-hybridized carbons (Fsp3) is 0.929. The highest BCUT2D eigenvalue weighted by molar-refractivity contribution is 8.00. The molecular formula is C14H27N3O2S. The summed E-state index contributed by atoms with van der Waals surface area (Å²) in [6, 6.07) is -0.768. The summed E-state index contributed by atoms with van der Waals surface area (Å²) < 4.78 is 0. The van der Waals surface area contributed by atoms with Crippen molar-refractivity contribution in [3.05, 3.63) is 0 Å². The Kier molecular flexibility index (Phi) is 5.34. The van der Waals surface area contributed by atoms with Crippen molar-refractivity contribution in [2.24, 2.45) is 11.7 Å². The first-order chi connectivity index (χ1) is 9.48. The summed E-state index contributed by atoms with van der Waals surface area (Å²) in [5, 5.41) is 9.08. The van der Waals surface area contributed by atoms with Crippen molar-refractivity contribution >= 4 is 17.7 Å². The van der Waals surface area contributed by atoms with Crippen LogP contribution in [0.2, 0.25) is 0 Å². The molecule has 1 unspecified atom stereocenters. The third kappa shape index (κ3) is 3.30. The molecule has 0 saturated carbocycles. The second-order valence-corrected chi connectivity index (χ2v) is 7.74. The van der Waals surface area contributed by atoms with Crippen LogP contribution >= 0.6 is 11.8 Å². The molecule has 5 nitrogen and oxygen atoms in total. The molecule has 0 radical (unpaired) electrons. The van der Waals surface area contributed by atoms with E-state index in [1.165, 1.54) is 0 Å². The molecule has 0 aromatic carbocycles. The summed E-state index contributed by atoms with van der Waals surface area (Å²) in [6.07, 6.45) is 2.16. The Morgan fingerprint density at radius 2 is 2.20 bits per heavy atom. The number of hydrogen-bond donors (Lipinski definition) is 2. The fourth-order valence-corrected chi connectivity index (χ4v) is 4.79. The standard InChI is InChI=1S/C14H27N3O2S/c1-11(2)8-17-6-7-20-14(17)4-3-5-16(10-14)13(19)12(15)9-18/h11-12,18H,3-10,15H2,1-2H3/t12-,14?/m0/s1. The van der Waals surface area contributed by atoms with E-state index in [4.69, 9.17) is 10.8 Å². The predicted octanol–water partition coefficient (Wildman–Crippen LogP) is 0.330.